The smallest absolute Gasteiger partial charge is 0.273 e. The molecule has 1 fully saturated rings. The van der Waals surface area contributed by atoms with E-state index < -0.39 is 5.60 Å². The zero-order valence-corrected chi connectivity index (χ0v) is 20.4. The van der Waals surface area contributed by atoms with Gasteiger partial charge >= 0.3 is 0 Å². The third-order valence-corrected chi connectivity index (χ3v) is 7.68. The van der Waals surface area contributed by atoms with Crippen LogP contribution in [0.3, 0.4) is 0 Å². The Balaban J connectivity index is 1.25. The third kappa shape index (κ3) is 4.90. The number of likely N-dealkylation sites (tertiary alicyclic amines) is 1. The van der Waals surface area contributed by atoms with Crippen LogP contribution in [-0.2, 0) is 11.3 Å². The van der Waals surface area contributed by atoms with Crippen molar-refractivity contribution in [3.05, 3.63) is 82.9 Å². The summed E-state index contributed by atoms with van der Waals surface area (Å²) in [6, 6.07) is 19.7. The Bertz CT molecular complexity index is 1380. The van der Waals surface area contributed by atoms with Crippen LogP contribution < -0.4 is 5.56 Å². The van der Waals surface area contributed by atoms with Gasteiger partial charge in [0.2, 0.25) is 5.91 Å². The Kier molecular flexibility index (Phi) is 6.49. The fraction of sp³-hybridized carbons (Fsp3) is 0.333. The van der Waals surface area contributed by atoms with E-state index in [0.29, 0.717) is 48.3 Å². The average molecular weight is 489 g/mol. The summed E-state index contributed by atoms with van der Waals surface area (Å²) in [5, 5.41) is 11.2. The number of hydrogen-bond donors (Lipinski definition) is 1. The summed E-state index contributed by atoms with van der Waals surface area (Å²) < 4.78 is 6.43. The van der Waals surface area contributed by atoms with Gasteiger partial charge in [-0.25, -0.2) is 4.98 Å². The highest BCUT2D eigenvalue weighted by Crippen LogP contribution is 2.29. The highest BCUT2D eigenvalue weighted by Gasteiger charge is 2.35. The fourth-order valence-electron chi connectivity index (χ4n) is 4.69. The van der Waals surface area contributed by atoms with Gasteiger partial charge in [0.15, 0.2) is 0 Å². The second kappa shape index (κ2) is 9.71. The molecule has 1 saturated heterocycles. The summed E-state index contributed by atoms with van der Waals surface area (Å²) >= 11 is 1.14. The zero-order valence-electron chi connectivity index (χ0n) is 19.6. The molecule has 1 N–H and O–H groups in total. The third-order valence-electron chi connectivity index (χ3n) is 6.86. The molecule has 1 unspecified atom stereocenters. The maximum atomic E-state index is 13.1. The Morgan fingerprint density at radius 3 is 2.43 bits per heavy atom. The van der Waals surface area contributed by atoms with Gasteiger partial charge in [-0.2, -0.15) is 4.37 Å². The van der Waals surface area contributed by atoms with Crippen molar-refractivity contribution >= 4 is 27.7 Å². The number of benzene rings is 2. The molecule has 180 valence electrons. The van der Waals surface area contributed by atoms with Crippen LogP contribution >= 0.6 is 11.5 Å². The summed E-state index contributed by atoms with van der Waals surface area (Å²) in [6.07, 6.45) is 2.78. The lowest BCUT2D eigenvalue weighted by Crippen LogP contribution is -2.49. The van der Waals surface area contributed by atoms with Crippen molar-refractivity contribution in [2.24, 2.45) is 0 Å². The predicted octanol–water partition coefficient (Wildman–Crippen LogP) is 4.07. The number of aromatic nitrogens is 3. The maximum Gasteiger partial charge on any atom is 0.273 e. The molecule has 4 aromatic rings. The Labute approximate surface area is 207 Å². The molecule has 1 amide bonds. The first-order chi connectivity index (χ1) is 16.9. The molecule has 0 spiro atoms. The number of nitrogens with zero attached hydrogens (tertiary/aromatic N) is 4. The first-order valence-electron chi connectivity index (χ1n) is 11.9. The normalized spacial score (nSPS) is 16.3. The van der Waals surface area contributed by atoms with Crippen LogP contribution in [-0.4, -0.2) is 48.5 Å². The van der Waals surface area contributed by atoms with Crippen LogP contribution in [0.5, 0.6) is 0 Å². The quantitative estimate of drug-likeness (QED) is 0.442. The van der Waals surface area contributed by atoms with Gasteiger partial charge in [0, 0.05) is 25.1 Å². The minimum atomic E-state index is -1.06. The summed E-state index contributed by atoms with van der Waals surface area (Å²) in [5.74, 6) is 0.239. The maximum absolute atomic E-state index is 13.1. The SMILES string of the molecule is CC(CC(=O)N1CCC(O)(Cn2cnc3c(-c4ccccc4)nsc3c2=O)CC1)c1ccccc1. The molecule has 7 nitrogen and oxygen atoms in total. The van der Waals surface area contributed by atoms with Crippen LogP contribution in [0, 0.1) is 0 Å². The summed E-state index contributed by atoms with van der Waals surface area (Å²) in [6.45, 7) is 3.15. The first-order valence-corrected chi connectivity index (χ1v) is 12.7. The molecular formula is C27H28N4O3S. The number of fused-ring (bicyclic) bond motifs is 1. The van der Waals surface area contributed by atoms with Gasteiger partial charge < -0.3 is 10.0 Å². The molecule has 0 saturated carbocycles. The molecule has 2 aromatic heterocycles. The second-order valence-corrected chi connectivity index (χ2v) is 10.1. The first kappa shape index (κ1) is 23.4. The molecule has 0 aliphatic carbocycles. The van der Waals surface area contributed by atoms with Crippen molar-refractivity contribution in [2.45, 2.75) is 44.2 Å². The minimum absolute atomic E-state index is 0.0988. The van der Waals surface area contributed by atoms with E-state index in [9.17, 15) is 14.7 Å². The monoisotopic (exact) mass is 488 g/mol. The number of carbonyl (C=O) groups is 1. The number of aliphatic hydroxyl groups is 1. The van der Waals surface area contributed by atoms with Crippen molar-refractivity contribution < 1.29 is 9.90 Å². The van der Waals surface area contributed by atoms with Gasteiger partial charge in [-0.1, -0.05) is 67.6 Å². The number of carbonyl (C=O) groups excluding carboxylic acids is 1. The average Bonchev–Trinajstić information content (AvgIpc) is 3.32. The lowest BCUT2D eigenvalue weighted by molar-refractivity contribution is -0.136. The number of rotatable bonds is 6. The van der Waals surface area contributed by atoms with Gasteiger partial charge in [-0.15, -0.1) is 0 Å². The van der Waals surface area contributed by atoms with Gasteiger partial charge in [0.05, 0.1) is 18.5 Å². The van der Waals surface area contributed by atoms with E-state index in [1.54, 1.807) is 0 Å². The summed E-state index contributed by atoms with van der Waals surface area (Å²) in [4.78, 5) is 32.3. The van der Waals surface area contributed by atoms with Crippen molar-refractivity contribution in [3.8, 4) is 11.3 Å². The van der Waals surface area contributed by atoms with E-state index in [1.807, 2.05) is 65.6 Å². The predicted molar refractivity (Wildman–Crippen MR) is 137 cm³/mol. The molecule has 35 heavy (non-hydrogen) atoms. The lowest BCUT2D eigenvalue weighted by atomic mass is 9.90. The molecule has 3 heterocycles. The molecule has 5 rings (SSSR count). The van der Waals surface area contributed by atoms with E-state index in [0.717, 1.165) is 22.7 Å². The van der Waals surface area contributed by atoms with Crippen molar-refractivity contribution in [1.82, 2.24) is 18.8 Å². The van der Waals surface area contributed by atoms with E-state index in [1.165, 1.54) is 10.9 Å². The molecule has 0 radical (unpaired) electrons. The standard InChI is InChI=1S/C27H28N4O3S/c1-19(20-8-4-2-5-9-20)16-22(32)30-14-12-27(34,13-15-30)17-31-18-28-24-23(21-10-6-3-7-11-21)29-35-25(24)26(31)33/h2-11,18-19,34H,12-17H2,1H3. The van der Waals surface area contributed by atoms with Crippen LogP contribution in [0.1, 0.15) is 37.7 Å². The Hall–Kier alpha value is -3.36. The number of piperidine rings is 1. The molecule has 0 bridgehead atoms. The minimum Gasteiger partial charge on any atom is -0.388 e. The summed E-state index contributed by atoms with van der Waals surface area (Å²) in [7, 11) is 0. The zero-order chi connectivity index (χ0) is 24.4. The van der Waals surface area contributed by atoms with Crippen LogP contribution in [0.2, 0.25) is 0 Å². The molecule has 1 aliphatic rings. The molecular weight excluding hydrogens is 460 g/mol. The van der Waals surface area contributed by atoms with E-state index in [-0.39, 0.29) is 23.9 Å². The summed E-state index contributed by atoms with van der Waals surface area (Å²) in [5.41, 5.74) is 2.09. The van der Waals surface area contributed by atoms with Gasteiger partial charge in [-0.3, -0.25) is 14.2 Å². The Morgan fingerprint density at radius 2 is 1.74 bits per heavy atom. The van der Waals surface area contributed by atoms with Gasteiger partial charge in [0.25, 0.3) is 5.56 Å². The molecule has 1 aliphatic heterocycles. The van der Waals surface area contributed by atoms with Crippen LogP contribution in [0.4, 0.5) is 0 Å². The van der Waals surface area contributed by atoms with Crippen LogP contribution in [0.25, 0.3) is 21.5 Å². The number of hydrogen-bond acceptors (Lipinski definition) is 6. The lowest BCUT2D eigenvalue weighted by Gasteiger charge is -2.38. The molecule has 8 heteroatoms. The van der Waals surface area contributed by atoms with E-state index in [4.69, 9.17) is 0 Å². The largest absolute Gasteiger partial charge is 0.388 e. The molecule has 2 aromatic carbocycles. The van der Waals surface area contributed by atoms with Gasteiger partial charge in [-0.05, 0) is 35.9 Å². The van der Waals surface area contributed by atoms with Crippen molar-refractivity contribution in [1.29, 1.82) is 0 Å². The van der Waals surface area contributed by atoms with Crippen LogP contribution in [0.15, 0.2) is 71.8 Å². The van der Waals surface area contributed by atoms with Gasteiger partial charge in [0.1, 0.15) is 15.9 Å². The van der Waals surface area contributed by atoms with Crippen molar-refractivity contribution in [3.63, 3.8) is 0 Å². The fourth-order valence-corrected chi connectivity index (χ4v) is 5.50. The molecule has 1 atom stereocenters. The Morgan fingerprint density at radius 1 is 1.09 bits per heavy atom. The number of amides is 1. The van der Waals surface area contributed by atoms with E-state index in [2.05, 4.69) is 16.3 Å². The topological polar surface area (TPSA) is 88.3 Å². The van der Waals surface area contributed by atoms with Crippen molar-refractivity contribution in [2.75, 3.05) is 13.1 Å². The second-order valence-electron chi connectivity index (χ2n) is 9.37. The highest BCUT2D eigenvalue weighted by atomic mass is 32.1. The highest BCUT2D eigenvalue weighted by molar-refractivity contribution is 7.13. The van der Waals surface area contributed by atoms with E-state index >= 15 is 0 Å².